The fraction of sp³-hybridized carbons (Fsp3) is 0.278. The fourth-order valence-electron chi connectivity index (χ4n) is 2.15. The van der Waals surface area contributed by atoms with E-state index in [0.717, 1.165) is 18.5 Å². The summed E-state index contributed by atoms with van der Waals surface area (Å²) < 4.78 is 0. The van der Waals surface area contributed by atoms with Gasteiger partial charge in [-0.25, -0.2) is 4.98 Å². The molecule has 132 valence electrons. The first kappa shape index (κ1) is 18.7. The first-order valence-corrected chi connectivity index (χ1v) is 8.45. The normalized spacial score (nSPS) is 11.0. The van der Waals surface area contributed by atoms with Crippen LogP contribution < -0.4 is 16.0 Å². The molecule has 25 heavy (non-hydrogen) atoms. The second-order valence-electron chi connectivity index (χ2n) is 5.29. The SMILES string of the molecule is CN=C(NCCNC(=O)c1ccccc1)NCCc1ccc(Cl)nc1. The van der Waals surface area contributed by atoms with Gasteiger partial charge in [0.25, 0.3) is 5.91 Å². The van der Waals surface area contributed by atoms with Crippen molar-refractivity contribution in [3.8, 4) is 0 Å². The highest BCUT2D eigenvalue weighted by molar-refractivity contribution is 6.29. The van der Waals surface area contributed by atoms with Crippen LogP contribution in [0.2, 0.25) is 5.15 Å². The molecule has 2 rings (SSSR count). The number of nitrogens with zero attached hydrogens (tertiary/aromatic N) is 2. The Balaban J connectivity index is 1.63. The largest absolute Gasteiger partial charge is 0.356 e. The third-order valence-corrected chi connectivity index (χ3v) is 3.68. The van der Waals surface area contributed by atoms with Crippen molar-refractivity contribution in [1.82, 2.24) is 20.9 Å². The molecule has 0 atom stereocenters. The van der Waals surface area contributed by atoms with Gasteiger partial charge in [0.15, 0.2) is 5.96 Å². The van der Waals surface area contributed by atoms with E-state index in [-0.39, 0.29) is 5.91 Å². The number of guanidine groups is 1. The van der Waals surface area contributed by atoms with Crippen LogP contribution in [0, 0.1) is 0 Å². The predicted molar refractivity (Wildman–Crippen MR) is 101 cm³/mol. The quantitative estimate of drug-likeness (QED) is 0.305. The van der Waals surface area contributed by atoms with Gasteiger partial charge in [0.1, 0.15) is 5.15 Å². The summed E-state index contributed by atoms with van der Waals surface area (Å²) in [5.41, 5.74) is 1.75. The molecule has 1 amide bonds. The first-order chi connectivity index (χ1) is 12.2. The maximum atomic E-state index is 11.9. The highest BCUT2D eigenvalue weighted by Crippen LogP contribution is 2.05. The Labute approximate surface area is 152 Å². The second kappa shape index (κ2) is 10.3. The number of rotatable bonds is 7. The minimum atomic E-state index is -0.0828. The number of halogens is 1. The molecule has 1 heterocycles. The van der Waals surface area contributed by atoms with E-state index in [1.807, 2.05) is 24.3 Å². The van der Waals surface area contributed by atoms with Crippen LogP contribution in [0.5, 0.6) is 0 Å². The van der Waals surface area contributed by atoms with Crippen molar-refractivity contribution in [2.24, 2.45) is 4.99 Å². The van der Waals surface area contributed by atoms with Crippen molar-refractivity contribution in [3.05, 3.63) is 64.9 Å². The van der Waals surface area contributed by atoms with Crippen LogP contribution in [0.4, 0.5) is 0 Å². The third kappa shape index (κ3) is 6.81. The summed E-state index contributed by atoms with van der Waals surface area (Å²) in [4.78, 5) is 20.1. The summed E-state index contributed by atoms with van der Waals surface area (Å²) >= 11 is 5.77. The van der Waals surface area contributed by atoms with E-state index in [4.69, 9.17) is 11.6 Å². The molecule has 7 heteroatoms. The van der Waals surface area contributed by atoms with Crippen molar-refractivity contribution in [1.29, 1.82) is 0 Å². The molecule has 2 aromatic rings. The second-order valence-corrected chi connectivity index (χ2v) is 5.67. The van der Waals surface area contributed by atoms with Crippen LogP contribution >= 0.6 is 11.6 Å². The lowest BCUT2D eigenvalue weighted by atomic mass is 10.2. The molecule has 0 unspecified atom stereocenters. The lowest BCUT2D eigenvalue weighted by Gasteiger charge is -2.12. The van der Waals surface area contributed by atoms with Crippen molar-refractivity contribution in [2.75, 3.05) is 26.7 Å². The molecular formula is C18H22ClN5O. The zero-order valence-corrected chi connectivity index (χ0v) is 14.9. The van der Waals surface area contributed by atoms with Crippen LogP contribution in [0.1, 0.15) is 15.9 Å². The van der Waals surface area contributed by atoms with E-state index in [1.165, 1.54) is 0 Å². The van der Waals surface area contributed by atoms with Gasteiger partial charge in [-0.15, -0.1) is 0 Å². The number of amides is 1. The average Bonchev–Trinajstić information content (AvgIpc) is 2.65. The summed E-state index contributed by atoms with van der Waals surface area (Å²) in [5, 5.41) is 9.73. The van der Waals surface area contributed by atoms with Crippen LogP contribution in [0.15, 0.2) is 53.7 Å². The standard InChI is InChI=1S/C18H22ClN5O/c1-20-18(22-10-9-14-7-8-16(19)24-13-14)23-12-11-21-17(25)15-5-3-2-4-6-15/h2-8,13H,9-12H2,1H3,(H,21,25)(H2,20,22,23). The number of hydrogen-bond donors (Lipinski definition) is 3. The highest BCUT2D eigenvalue weighted by atomic mass is 35.5. The molecule has 0 spiro atoms. The summed E-state index contributed by atoms with van der Waals surface area (Å²) in [5.74, 6) is 0.608. The molecule has 0 aliphatic heterocycles. The molecular weight excluding hydrogens is 338 g/mol. The van der Waals surface area contributed by atoms with E-state index in [9.17, 15) is 4.79 Å². The van der Waals surface area contributed by atoms with Crippen LogP contribution in [0.25, 0.3) is 0 Å². The molecule has 0 fully saturated rings. The molecule has 3 N–H and O–H groups in total. The van der Waals surface area contributed by atoms with E-state index in [0.29, 0.717) is 29.8 Å². The van der Waals surface area contributed by atoms with Crippen LogP contribution in [-0.4, -0.2) is 43.5 Å². The van der Waals surface area contributed by atoms with Gasteiger partial charge in [-0.2, -0.15) is 0 Å². The zero-order valence-electron chi connectivity index (χ0n) is 14.1. The smallest absolute Gasteiger partial charge is 0.251 e. The van der Waals surface area contributed by atoms with Gasteiger partial charge in [0.2, 0.25) is 0 Å². The topological polar surface area (TPSA) is 78.4 Å². The molecule has 6 nitrogen and oxygen atoms in total. The van der Waals surface area contributed by atoms with E-state index in [2.05, 4.69) is 25.9 Å². The van der Waals surface area contributed by atoms with E-state index < -0.39 is 0 Å². The lowest BCUT2D eigenvalue weighted by molar-refractivity contribution is 0.0954. The molecule has 0 bridgehead atoms. The Morgan fingerprint density at radius 3 is 2.44 bits per heavy atom. The number of pyridine rings is 1. The third-order valence-electron chi connectivity index (χ3n) is 3.46. The minimum Gasteiger partial charge on any atom is -0.356 e. The van der Waals surface area contributed by atoms with Gasteiger partial charge < -0.3 is 16.0 Å². The van der Waals surface area contributed by atoms with Gasteiger partial charge in [-0.3, -0.25) is 9.79 Å². The number of aromatic nitrogens is 1. The summed E-state index contributed by atoms with van der Waals surface area (Å²) in [6, 6.07) is 12.9. The molecule has 0 saturated heterocycles. The molecule has 0 aliphatic rings. The van der Waals surface area contributed by atoms with Gasteiger partial charge in [0.05, 0.1) is 0 Å². The monoisotopic (exact) mass is 359 g/mol. The molecule has 0 saturated carbocycles. The minimum absolute atomic E-state index is 0.0828. The Kier molecular flexibility index (Phi) is 7.72. The van der Waals surface area contributed by atoms with Crippen molar-refractivity contribution < 1.29 is 4.79 Å². The number of carbonyl (C=O) groups is 1. The Hall–Kier alpha value is -2.60. The van der Waals surface area contributed by atoms with Gasteiger partial charge in [0, 0.05) is 38.4 Å². The Morgan fingerprint density at radius 2 is 1.76 bits per heavy atom. The number of benzene rings is 1. The van der Waals surface area contributed by atoms with Crippen LogP contribution in [0.3, 0.4) is 0 Å². The molecule has 0 radical (unpaired) electrons. The summed E-state index contributed by atoms with van der Waals surface area (Å²) in [6.45, 7) is 1.82. The number of hydrogen-bond acceptors (Lipinski definition) is 3. The van der Waals surface area contributed by atoms with Gasteiger partial charge in [-0.1, -0.05) is 35.9 Å². The number of nitrogens with one attached hydrogen (secondary N) is 3. The molecule has 0 aliphatic carbocycles. The molecule has 1 aromatic heterocycles. The van der Waals surface area contributed by atoms with Crippen LogP contribution in [-0.2, 0) is 6.42 Å². The Morgan fingerprint density at radius 1 is 1.04 bits per heavy atom. The number of carbonyl (C=O) groups excluding carboxylic acids is 1. The van der Waals surface area contributed by atoms with Crippen molar-refractivity contribution in [2.45, 2.75) is 6.42 Å². The lowest BCUT2D eigenvalue weighted by Crippen LogP contribution is -2.42. The van der Waals surface area contributed by atoms with E-state index in [1.54, 1.807) is 31.4 Å². The van der Waals surface area contributed by atoms with Crippen molar-refractivity contribution >= 4 is 23.5 Å². The average molecular weight is 360 g/mol. The van der Waals surface area contributed by atoms with E-state index >= 15 is 0 Å². The maximum absolute atomic E-state index is 11.9. The van der Waals surface area contributed by atoms with Gasteiger partial charge in [-0.05, 0) is 30.2 Å². The number of aliphatic imine (C=N–C) groups is 1. The summed E-state index contributed by atoms with van der Waals surface area (Å²) in [7, 11) is 1.71. The first-order valence-electron chi connectivity index (χ1n) is 8.07. The fourth-order valence-corrected chi connectivity index (χ4v) is 2.26. The highest BCUT2D eigenvalue weighted by Gasteiger charge is 2.03. The predicted octanol–water partition coefficient (Wildman–Crippen LogP) is 1.87. The zero-order chi connectivity index (χ0) is 17.9. The summed E-state index contributed by atoms with van der Waals surface area (Å²) in [6.07, 6.45) is 2.58. The maximum Gasteiger partial charge on any atom is 0.251 e. The Bertz CT molecular complexity index is 688. The van der Waals surface area contributed by atoms with Gasteiger partial charge >= 0.3 is 0 Å². The van der Waals surface area contributed by atoms with Crippen molar-refractivity contribution in [3.63, 3.8) is 0 Å². The molecule has 1 aromatic carbocycles.